The molecule has 2 aromatic rings. The van der Waals surface area contributed by atoms with Gasteiger partial charge >= 0.3 is 0 Å². The number of benzene rings is 2. The minimum absolute atomic E-state index is 0.294. The third-order valence-electron chi connectivity index (χ3n) is 4.85. The van der Waals surface area contributed by atoms with Crippen molar-refractivity contribution < 1.29 is 27.5 Å². The first-order valence-electron chi connectivity index (χ1n) is 9.87. The average Bonchev–Trinajstić information content (AvgIpc) is 3.04. The van der Waals surface area contributed by atoms with Gasteiger partial charge in [0.05, 0.1) is 33.1 Å². The average molecular weight is 463 g/mol. The van der Waals surface area contributed by atoms with Crippen molar-refractivity contribution in [3.63, 3.8) is 0 Å². The summed E-state index contributed by atoms with van der Waals surface area (Å²) in [4.78, 5) is 26.8. The van der Waals surface area contributed by atoms with Crippen LogP contribution in [-0.4, -0.2) is 49.5 Å². The van der Waals surface area contributed by atoms with Crippen LogP contribution in [0.1, 0.15) is 25.0 Å². The molecule has 4 atom stereocenters. The molecule has 0 spiro atoms. The lowest BCUT2D eigenvalue weighted by Gasteiger charge is -2.16. The smallest absolute Gasteiger partial charge is 0.177 e. The third kappa shape index (κ3) is 6.04. The van der Waals surface area contributed by atoms with E-state index in [0.717, 1.165) is 11.1 Å². The Morgan fingerprint density at radius 2 is 1.06 bits per heavy atom. The second-order valence-corrected chi connectivity index (χ2v) is 10.9. The van der Waals surface area contributed by atoms with Crippen molar-refractivity contribution in [3.05, 3.63) is 59.7 Å². The zero-order chi connectivity index (χ0) is 22.8. The summed E-state index contributed by atoms with van der Waals surface area (Å²) in [6.45, 7) is 7.05. The molecule has 1 saturated heterocycles. The number of hydrogen-bond donors (Lipinski definition) is 0. The number of rotatable bonds is 8. The summed E-state index contributed by atoms with van der Waals surface area (Å²) in [7, 11) is -3.14. The third-order valence-corrected chi connectivity index (χ3v) is 7.53. The van der Waals surface area contributed by atoms with Crippen molar-refractivity contribution in [1.29, 1.82) is 0 Å². The molecule has 0 aromatic heterocycles. The molecule has 6 nitrogen and oxygen atoms in total. The summed E-state index contributed by atoms with van der Waals surface area (Å²) in [5.74, 6) is -2.71. The summed E-state index contributed by atoms with van der Waals surface area (Å²) in [5, 5.41) is 0. The number of Topliss-reactive ketones (excluding diaryl/α,β-unsaturated/α-hetero) is 2. The molecular weight excluding hydrogens is 436 g/mol. The molecule has 0 saturated carbocycles. The Bertz CT molecular complexity index is 930. The van der Waals surface area contributed by atoms with Gasteiger partial charge < -0.3 is 9.47 Å². The Hall–Kier alpha value is -2.00. The van der Waals surface area contributed by atoms with Gasteiger partial charge in [-0.3, -0.25) is 18.0 Å². The number of ether oxygens (including phenoxy) is 2. The van der Waals surface area contributed by atoms with Crippen LogP contribution in [0, 0.1) is 13.8 Å². The van der Waals surface area contributed by atoms with Gasteiger partial charge in [0.2, 0.25) is 0 Å². The lowest BCUT2D eigenvalue weighted by atomic mass is 10.1. The largest absolute Gasteiger partial charge is 0.336 e. The lowest BCUT2D eigenvalue weighted by molar-refractivity contribution is -0.157. The van der Waals surface area contributed by atoms with Crippen molar-refractivity contribution in [1.82, 2.24) is 0 Å². The number of aryl methyl sites for hydroxylation is 2. The van der Waals surface area contributed by atoms with Gasteiger partial charge in [-0.15, -0.1) is 0 Å². The fourth-order valence-corrected chi connectivity index (χ4v) is 5.26. The molecule has 3 rings (SSSR count). The molecule has 8 heteroatoms. The monoisotopic (exact) mass is 462 g/mol. The Morgan fingerprint density at radius 1 is 0.742 bits per heavy atom. The number of hydrogen-bond acceptors (Lipinski definition) is 6. The molecule has 1 aliphatic heterocycles. The summed E-state index contributed by atoms with van der Waals surface area (Å²) >= 11 is 0. The van der Waals surface area contributed by atoms with Crippen molar-refractivity contribution in [3.8, 4) is 0 Å². The van der Waals surface area contributed by atoms with Gasteiger partial charge in [0.1, 0.15) is 0 Å². The molecule has 1 aliphatic rings. The minimum Gasteiger partial charge on any atom is -0.336 e. The first-order chi connectivity index (χ1) is 14.6. The van der Waals surface area contributed by atoms with E-state index in [1.54, 1.807) is 38.1 Å². The highest BCUT2D eigenvalue weighted by molar-refractivity contribution is 7.86. The number of carbonyl (C=O) groups is 2. The predicted molar refractivity (Wildman–Crippen MR) is 119 cm³/mol. The van der Waals surface area contributed by atoms with Crippen LogP contribution in [-0.2, 0) is 40.7 Å². The van der Waals surface area contributed by atoms with E-state index >= 15 is 0 Å². The molecule has 2 aromatic carbocycles. The highest BCUT2D eigenvalue weighted by Crippen LogP contribution is 2.30. The SMILES string of the molecule is Cc1ccc(S(=O)CC(=O)[C@H]2OC(C)(C)O[C@@H]2C(=O)CS(=O)c2ccc(C)cc2)cc1. The van der Waals surface area contributed by atoms with Gasteiger partial charge in [-0.1, -0.05) is 35.4 Å². The summed E-state index contributed by atoms with van der Waals surface area (Å²) in [5.41, 5.74) is 2.04. The minimum atomic E-state index is -1.57. The van der Waals surface area contributed by atoms with Gasteiger partial charge in [-0.25, -0.2) is 0 Å². The van der Waals surface area contributed by atoms with E-state index in [0.29, 0.717) is 9.79 Å². The fourth-order valence-electron chi connectivity index (χ4n) is 3.20. The Kier molecular flexibility index (Phi) is 7.36. The predicted octanol–water partition coefficient (Wildman–Crippen LogP) is 2.88. The summed E-state index contributed by atoms with van der Waals surface area (Å²) < 4.78 is 36.6. The lowest BCUT2D eigenvalue weighted by Crippen LogP contribution is -2.41. The van der Waals surface area contributed by atoms with Gasteiger partial charge in [-0.2, -0.15) is 0 Å². The normalized spacial score (nSPS) is 22.1. The van der Waals surface area contributed by atoms with Crippen LogP contribution in [0.4, 0.5) is 0 Å². The molecule has 31 heavy (non-hydrogen) atoms. The molecule has 1 heterocycles. The maximum atomic E-state index is 12.9. The maximum absolute atomic E-state index is 12.9. The Morgan fingerprint density at radius 3 is 1.39 bits per heavy atom. The van der Waals surface area contributed by atoms with Gasteiger partial charge in [0.15, 0.2) is 29.6 Å². The molecule has 1 fully saturated rings. The van der Waals surface area contributed by atoms with Crippen LogP contribution < -0.4 is 0 Å². The first kappa shape index (κ1) is 23.7. The molecule has 2 unspecified atom stereocenters. The van der Waals surface area contributed by atoms with Crippen LogP contribution in [0.3, 0.4) is 0 Å². The zero-order valence-electron chi connectivity index (χ0n) is 18.0. The van der Waals surface area contributed by atoms with E-state index in [9.17, 15) is 18.0 Å². The van der Waals surface area contributed by atoms with Crippen LogP contribution in [0.2, 0.25) is 0 Å². The quantitative estimate of drug-likeness (QED) is 0.600. The second kappa shape index (κ2) is 9.65. The van der Waals surface area contributed by atoms with E-state index in [2.05, 4.69) is 0 Å². The molecule has 166 valence electrons. The summed E-state index contributed by atoms with van der Waals surface area (Å²) in [6, 6.07) is 14.1. The van der Waals surface area contributed by atoms with Crippen molar-refractivity contribution in [2.24, 2.45) is 0 Å². The van der Waals surface area contributed by atoms with Crippen LogP contribution in [0.15, 0.2) is 58.3 Å². The van der Waals surface area contributed by atoms with E-state index in [-0.39, 0.29) is 11.5 Å². The molecule has 0 aliphatic carbocycles. The van der Waals surface area contributed by atoms with E-state index in [4.69, 9.17) is 9.47 Å². The molecule has 0 bridgehead atoms. The number of carbonyl (C=O) groups excluding carboxylic acids is 2. The van der Waals surface area contributed by atoms with Crippen molar-refractivity contribution >= 4 is 33.2 Å². The highest BCUT2D eigenvalue weighted by Gasteiger charge is 2.48. The molecular formula is C23H26O6S2. The van der Waals surface area contributed by atoms with Crippen LogP contribution in [0.25, 0.3) is 0 Å². The van der Waals surface area contributed by atoms with E-state index in [1.165, 1.54) is 0 Å². The van der Waals surface area contributed by atoms with E-state index in [1.807, 2.05) is 38.1 Å². The summed E-state index contributed by atoms with van der Waals surface area (Å²) in [6.07, 6.45) is -2.38. The van der Waals surface area contributed by atoms with Gasteiger partial charge in [0.25, 0.3) is 0 Å². The number of ketones is 2. The van der Waals surface area contributed by atoms with Crippen LogP contribution in [0.5, 0.6) is 0 Å². The standard InChI is InChI=1S/C23H26O6S2/c1-15-5-9-17(10-6-15)30(26)13-19(24)21-22(29-23(3,4)28-21)20(25)14-31(27)18-11-7-16(2)8-12-18/h5-12,21-22H,13-14H2,1-4H3/t21-,22-,30?,31?/m1/s1. The fraction of sp³-hybridized carbons (Fsp3) is 0.391. The van der Waals surface area contributed by atoms with E-state index < -0.39 is 51.2 Å². The first-order valence-corrected chi connectivity index (χ1v) is 12.5. The molecule has 0 N–H and O–H groups in total. The maximum Gasteiger partial charge on any atom is 0.177 e. The molecule has 0 radical (unpaired) electrons. The second-order valence-electron chi connectivity index (χ2n) is 8.02. The molecule has 0 amide bonds. The van der Waals surface area contributed by atoms with Crippen molar-refractivity contribution in [2.45, 2.75) is 55.5 Å². The Labute approximate surface area is 187 Å². The van der Waals surface area contributed by atoms with Gasteiger partial charge in [-0.05, 0) is 52.0 Å². The van der Waals surface area contributed by atoms with Gasteiger partial charge in [0, 0.05) is 9.79 Å². The topological polar surface area (TPSA) is 86.7 Å². The van der Waals surface area contributed by atoms with Crippen LogP contribution >= 0.6 is 0 Å². The highest BCUT2D eigenvalue weighted by atomic mass is 32.2. The zero-order valence-corrected chi connectivity index (χ0v) is 19.6. The Balaban J connectivity index is 1.70. The van der Waals surface area contributed by atoms with Crippen molar-refractivity contribution in [2.75, 3.05) is 11.5 Å².